The van der Waals surface area contributed by atoms with E-state index < -0.39 is 97.5 Å². The van der Waals surface area contributed by atoms with E-state index >= 15 is 0 Å². The molecule has 19 heteroatoms. The molecule has 2 unspecified atom stereocenters. The van der Waals surface area contributed by atoms with Gasteiger partial charge in [0.05, 0.1) is 26.4 Å². The normalized spacial score (nSPS) is 14.3. The van der Waals surface area contributed by atoms with E-state index in [2.05, 4.69) is 48.5 Å². The molecule has 510 valence electrons. The molecule has 0 amide bonds. The van der Waals surface area contributed by atoms with Crippen molar-refractivity contribution in [3.8, 4) is 0 Å². The summed E-state index contributed by atoms with van der Waals surface area (Å²) in [5.41, 5.74) is 0. The minimum atomic E-state index is -4.95. The highest BCUT2D eigenvalue weighted by Crippen LogP contribution is 2.45. The number of phosphoric acid groups is 2. The lowest BCUT2D eigenvalue weighted by Gasteiger charge is -2.21. The second-order valence-corrected chi connectivity index (χ2v) is 28.5. The molecule has 0 spiro atoms. The van der Waals surface area contributed by atoms with Gasteiger partial charge in [-0.15, -0.1) is 0 Å². The number of hydrogen-bond donors (Lipinski definition) is 3. The van der Waals surface area contributed by atoms with Crippen molar-refractivity contribution in [3.63, 3.8) is 0 Å². The van der Waals surface area contributed by atoms with Crippen LogP contribution in [0.1, 0.15) is 331 Å². The van der Waals surface area contributed by atoms with Crippen molar-refractivity contribution in [2.45, 2.75) is 349 Å². The molecule has 17 nitrogen and oxygen atoms in total. The van der Waals surface area contributed by atoms with Crippen molar-refractivity contribution in [2.75, 3.05) is 39.6 Å². The number of phosphoric ester groups is 2. The number of aliphatic hydroxyl groups is 1. The highest BCUT2D eigenvalue weighted by atomic mass is 31.2. The van der Waals surface area contributed by atoms with Crippen LogP contribution in [0.3, 0.4) is 0 Å². The zero-order valence-corrected chi connectivity index (χ0v) is 57.6. The highest BCUT2D eigenvalue weighted by molar-refractivity contribution is 7.47. The SMILES string of the molecule is CCCCCCCC(=O)OC[C@H](COP(=O)(O)OC[C@H](O)COP(=O)(O)OC[C@@H](COC(=O)CCCCCCCCCCCCCCC(C)C)OC(=O)CCCCCCCCCCCCCCC(C)C)OC(=O)CCCCCCCCCCC(C)C. The standard InChI is InChI=1S/C67H130O17P2/c1-8-9-10-31-41-48-64(69)77-54-62(83-67(72)51-44-37-30-24-23-27-34-40-47-60(6)7)56-81-85(73,74)79-52-61(68)53-80-86(75,76)82-57-63(84-66(71)50-43-36-29-22-18-14-12-16-20-26-33-39-46-59(4)5)55-78-65(70)49-42-35-28-21-17-13-11-15-19-25-32-38-45-58(2)3/h58-63,68H,8-57H2,1-7H3,(H,73,74)(H,75,76)/t61-,62+,63+/m0/s1. The van der Waals surface area contributed by atoms with Crippen molar-refractivity contribution in [3.05, 3.63) is 0 Å². The van der Waals surface area contributed by atoms with Crippen LogP contribution in [0.25, 0.3) is 0 Å². The van der Waals surface area contributed by atoms with Crippen molar-refractivity contribution < 1.29 is 80.2 Å². The number of aliphatic hydroxyl groups excluding tert-OH is 1. The molecule has 3 N–H and O–H groups in total. The molecule has 0 saturated heterocycles. The summed E-state index contributed by atoms with van der Waals surface area (Å²) in [6.45, 7) is 11.7. The molecule has 0 aromatic carbocycles. The quantitative estimate of drug-likeness (QED) is 0.0222. The van der Waals surface area contributed by atoms with E-state index in [-0.39, 0.29) is 25.7 Å². The molecule has 86 heavy (non-hydrogen) atoms. The number of carbonyl (C=O) groups is 4. The minimum Gasteiger partial charge on any atom is -0.462 e. The fourth-order valence-electron chi connectivity index (χ4n) is 10.0. The Morgan fingerprint density at radius 1 is 0.314 bits per heavy atom. The molecule has 0 heterocycles. The first kappa shape index (κ1) is 84.1. The Balaban J connectivity index is 5.18. The summed E-state index contributed by atoms with van der Waals surface area (Å²) in [5, 5.41) is 10.5. The molecule has 0 aliphatic heterocycles. The lowest BCUT2D eigenvalue weighted by Crippen LogP contribution is -2.30. The lowest BCUT2D eigenvalue weighted by atomic mass is 10.0. The van der Waals surface area contributed by atoms with Gasteiger partial charge in [0, 0.05) is 25.7 Å². The number of esters is 4. The van der Waals surface area contributed by atoms with Crippen LogP contribution in [0, 0.1) is 17.8 Å². The van der Waals surface area contributed by atoms with E-state index in [9.17, 15) is 43.2 Å². The van der Waals surface area contributed by atoms with Gasteiger partial charge in [-0.05, 0) is 43.4 Å². The Morgan fingerprint density at radius 3 is 0.791 bits per heavy atom. The van der Waals surface area contributed by atoms with Gasteiger partial charge >= 0.3 is 39.5 Å². The van der Waals surface area contributed by atoms with E-state index in [4.69, 9.17) is 37.0 Å². The van der Waals surface area contributed by atoms with Crippen molar-refractivity contribution in [1.82, 2.24) is 0 Å². The minimum absolute atomic E-state index is 0.103. The third-order valence-corrected chi connectivity index (χ3v) is 17.3. The maximum Gasteiger partial charge on any atom is 0.472 e. The van der Waals surface area contributed by atoms with E-state index in [0.29, 0.717) is 25.7 Å². The predicted octanol–water partition coefficient (Wildman–Crippen LogP) is 18.7. The van der Waals surface area contributed by atoms with Gasteiger partial charge in [0.15, 0.2) is 12.2 Å². The zero-order chi connectivity index (χ0) is 63.8. The molecular weight excluding hydrogens is 1140 g/mol. The highest BCUT2D eigenvalue weighted by Gasteiger charge is 2.30. The second-order valence-electron chi connectivity index (χ2n) is 25.6. The number of ether oxygens (including phenoxy) is 4. The van der Waals surface area contributed by atoms with Gasteiger partial charge < -0.3 is 33.8 Å². The maximum absolute atomic E-state index is 13.0. The van der Waals surface area contributed by atoms with Gasteiger partial charge in [0.1, 0.15) is 19.3 Å². The molecule has 0 radical (unpaired) electrons. The summed E-state index contributed by atoms with van der Waals surface area (Å²) < 4.78 is 67.9. The third kappa shape index (κ3) is 60.9. The molecule has 0 bridgehead atoms. The summed E-state index contributed by atoms with van der Waals surface area (Å²) in [5.74, 6) is 0.135. The average Bonchev–Trinajstić information content (AvgIpc) is 3.63. The van der Waals surface area contributed by atoms with Gasteiger partial charge in [-0.3, -0.25) is 37.3 Å². The average molecular weight is 1270 g/mol. The van der Waals surface area contributed by atoms with Crippen LogP contribution in [0.15, 0.2) is 0 Å². The Bertz CT molecular complexity index is 1700. The Hall–Kier alpha value is -1.94. The molecule has 0 fully saturated rings. The third-order valence-electron chi connectivity index (χ3n) is 15.4. The Labute approximate surface area is 524 Å². The summed E-state index contributed by atoms with van der Waals surface area (Å²) in [4.78, 5) is 72.1. The van der Waals surface area contributed by atoms with Crippen molar-refractivity contribution in [2.24, 2.45) is 17.8 Å². The fourth-order valence-corrected chi connectivity index (χ4v) is 11.6. The zero-order valence-electron chi connectivity index (χ0n) is 55.8. The van der Waals surface area contributed by atoms with Gasteiger partial charge in [-0.25, -0.2) is 9.13 Å². The topological polar surface area (TPSA) is 237 Å². The van der Waals surface area contributed by atoms with Gasteiger partial charge in [0.2, 0.25) is 0 Å². The molecule has 0 aromatic rings. The Kier molecular flexibility index (Phi) is 56.9. The monoisotopic (exact) mass is 1270 g/mol. The number of hydrogen-bond acceptors (Lipinski definition) is 15. The Morgan fingerprint density at radius 2 is 0.535 bits per heavy atom. The lowest BCUT2D eigenvalue weighted by molar-refractivity contribution is -0.161. The van der Waals surface area contributed by atoms with Crippen LogP contribution >= 0.6 is 15.6 Å². The number of rotatable bonds is 65. The summed E-state index contributed by atoms with van der Waals surface area (Å²) in [7, 11) is -9.89. The van der Waals surface area contributed by atoms with Crippen LogP contribution in [0.4, 0.5) is 0 Å². The summed E-state index contributed by atoms with van der Waals surface area (Å²) in [6.07, 6.45) is 40.7. The first-order chi connectivity index (χ1) is 41.2. The van der Waals surface area contributed by atoms with Crippen molar-refractivity contribution >= 4 is 39.5 Å². The summed E-state index contributed by atoms with van der Waals surface area (Å²) >= 11 is 0. The predicted molar refractivity (Wildman–Crippen MR) is 344 cm³/mol. The van der Waals surface area contributed by atoms with Crippen molar-refractivity contribution in [1.29, 1.82) is 0 Å². The smallest absolute Gasteiger partial charge is 0.462 e. The number of carbonyl (C=O) groups excluding carboxylic acids is 4. The van der Waals surface area contributed by atoms with Gasteiger partial charge in [-0.2, -0.15) is 0 Å². The molecule has 0 aliphatic rings. The first-order valence-electron chi connectivity index (χ1n) is 34.8. The molecule has 5 atom stereocenters. The summed E-state index contributed by atoms with van der Waals surface area (Å²) in [6, 6.07) is 0. The van der Waals surface area contributed by atoms with Gasteiger partial charge in [-0.1, -0.05) is 280 Å². The number of unbranched alkanes of at least 4 members (excludes halogenated alkanes) is 33. The van der Waals surface area contributed by atoms with Gasteiger partial charge in [0.25, 0.3) is 0 Å². The van der Waals surface area contributed by atoms with Crippen LogP contribution in [-0.2, 0) is 65.4 Å². The molecule has 0 rings (SSSR count). The largest absolute Gasteiger partial charge is 0.472 e. The van der Waals surface area contributed by atoms with E-state index in [1.54, 1.807) is 0 Å². The van der Waals surface area contributed by atoms with E-state index in [1.807, 2.05) is 0 Å². The fraction of sp³-hybridized carbons (Fsp3) is 0.940. The molecule has 0 aliphatic carbocycles. The van der Waals surface area contributed by atoms with E-state index in [0.717, 1.165) is 114 Å². The molecule has 0 aromatic heterocycles. The first-order valence-corrected chi connectivity index (χ1v) is 37.8. The molecular formula is C67H130O17P2. The van der Waals surface area contributed by atoms with E-state index in [1.165, 1.54) is 135 Å². The van der Waals surface area contributed by atoms with Crippen LogP contribution in [-0.4, -0.2) is 96.7 Å². The van der Waals surface area contributed by atoms with Crippen LogP contribution < -0.4 is 0 Å². The van der Waals surface area contributed by atoms with Crippen LogP contribution in [0.5, 0.6) is 0 Å². The molecule has 0 saturated carbocycles. The second kappa shape index (κ2) is 58.2. The van der Waals surface area contributed by atoms with Crippen LogP contribution in [0.2, 0.25) is 0 Å². The maximum atomic E-state index is 13.0.